The van der Waals surface area contributed by atoms with E-state index in [1.807, 2.05) is 31.3 Å². The van der Waals surface area contributed by atoms with Crippen LogP contribution in [-0.4, -0.2) is 76.3 Å². The highest BCUT2D eigenvalue weighted by molar-refractivity contribution is 5.96. The normalized spacial score (nSPS) is 14.6. The number of likely N-dealkylation sites (N-methyl/N-ethyl adjacent to an activating group) is 1. The van der Waals surface area contributed by atoms with Crippen molar-refractivity contribution in [3.8, 4) is 17.0 Å². The minimum absolute atomic E-state index is 0. The Morgan fingerprint density at radius 3 is 2.57 bits per heavy atom. The molecule has 1 aliphatic heterocycles. The highest BCUT2D eigenvalue weighted by Crippen LogP contribution is 2.24. The van der Waals surface area contributed by atoms with Gasteiger partial charge in [-0.05, 0) is 31.3 Å². The Kier molecular flexibility index (Phi) is 5.96. The van der Waals surface area contributed by atoms with E-state index in [1.54, 1.807) is 18.2 Å². The highest BCUT2D eigenvalue weighted by Gasteiger charge is 2.21. The third-order valence-corrected chi connectivity index (χ3v) is 4.67. The first-order chi connectivity index (χ1) is 13.1. The zero-order valence-electron chi connectivity index (χ0n) is 15.7. The average molecular weight is 404 g/mol. The van der Waals surface area contributed by atoms with Crippen LogP contribution in [0.2, 0.25) is 0 Å². The molecule has 4 rings (SSSR count). The number of methoxy groups -OCH3 is 1. The van der Waals surface area contributed by atoms with Crippen LogP contribution in [0.15, 0.2) is 30.5 Å². The van der Waals surface area contributed by atoms with Gasteiger partial charge in [0, 0.05) is 31.7 Å². The van der Waals surface area contributed by atoms with Crippen LogP contribution in [0, 0.1) is 0 Å². The molecule has 2 amide bonds. The van der Waals surface area contributed by atoms with E-state index in [4.69, 9.17) is 4.74 Å². The summed E-state index contributed by atoms with van der Waals surface area (Å²) in [4.78, 5) is 25.5. The summed E-state index contributed by atoms with van der Waals surface area (Å²) in [6.07, 6.45) is 1.66. The summed E-state index contributed by atoms with van der Waals surface area (Å²) >= 11 is 0. The zero-order chi connectivity index (χ0) is 18.8. The van der Waals surface area contributed by atoms with Crippen LogP contribution in [0.1, 0.15) is 0 Å². The predicted molar refractivity (Wildman–Crippen MR) is 109 cm³/mol. The molecule has 3 aromatic rings. The van der Waals surface area contributed by atoms with Gasteiger partial charge in [0.05, 0.1) is 19.0 Å². The number of hydrogen-bond acceptors (Lipinski definition) is 6. The van der Waals surface area contributed by atoms with Gasteiger partial charge in [-0.1, -0.05) is 0 Å². The summed E-state index contributed by atoms with van der Waals surface area (Å²) in [5, 5.41) is 9.83. The number of ether oxygens (including phenoxy) is 1. The molecular weight excluding hydrogens is 382 g/mol. The van der Waals surface area contributed by atoms with Gasteiger partial charge < -0.3 is 14.5 Å². The molecule has 0 spiro atoms. The van der Waals surface area contributed by atoms with Crippen LogP contribution < -0.4 is 10.1 Å². The molecule has 1 saturated heterocycles. The number of hydrogen-bond donors (Lipinski definition) is 2. The van der Waals surface area contributed by atoms with Crippen LogP contribution in [-0.2, 0) is 0 Å². The smallest absolute Gasteiger partial charge is 0.323 e. The largest absolute Gasteiger partial charge is 0.497 e. The molecule has 2 N–H and O–H groups in total. The number of carbonyl (C=O) groups excluding carboxylic acids is 1. The molecule has 148 valence electrons. The number of benzene rings is 1. The number of halogens is 1. The number of nitrogens with one attached hydrogen (secondary N) is 2. The standard InChI is InChI=1S/C18H21N7O2.ClH/c1-24-7-9-25(10-8-24)18(26)21-17-15-16(22-23-17)19-11-14(20-15)12-3-5-13(27-2)6-4-12;/h3-6,11H,7-10H2,1-2H3,(H2,19,21,22,23,26);1H. The number of amides is 2. The van der Waals surface area contributed by atoms with Crippen molar-refractivity contribution in [1.29, 1.82) is 0 Å². The van der Waals surface area contributed by atoms with Gasteiger partial charge in [-0.15, -0.1) is 12.4 Å². The number of H-pyrrole nitrogens is 1. The molecule has 0 unspecified atom stereocenters. The first kappa shape index (κ1) is 19.8. The lowest BCUT2D eigenvalue weighted by atomic mass is 10.1. The second-order valence-corrected chi connectivity index (χ2v) is 6.48. The van der Waals surface area contributed by atoms with Gasteiger partial charge in [0.2, 0.25) is 5.65 Å². The lowest BCUT2D eigenvalue weighted by Gasteiger charge is -2.32. The lowest BCUT2D eigenvalue weighted by molar-refractivity contribution is 0.164. The van der Waals surface area contributed by atoms with Gasteiger partial charge in [0.1, 0.15) is 5.75 Å². The van der Waals surface area contributed by atoms with Crippen molar-refractivity contribution in [3.63, 3.8) is 0 Å². The van der Waals surface area contributed by atoms with Gasteiger partial charge in [0.15, 0.2) is 11.3 Å². The second-order valence-electron chi connectivity index (χ2n) is 6.48. The van der Waals surface area contributed by atoms with Crippen LogP contribution in [0.5, 0.6) is 5.75 Å². The van der Waals surface area contributed by atoms with E-state index in [0.29, 0.717) is 35.8 Å². The summed E-state index contributed by atoms with van der Waals surface area (Å²) in [5.41, 5.74) is 2.59. The number of fused-ring (bicyclic) bond motifs is 1. The van der Waals surface area contributed by atoms with Crippen molar-refractivity contribution in [3.05, 3.63) is 30.5 Å². The Labute approximate surface area is 168 Å². The fraction of sp³-hybridized carbons (Fsp3) is 0.333. The van der Waals surface area contributed by atoms with Crippen LogP contribution in [0.25, 0.3) is 22.4 Å². The van der Waals surface area contributed by atoms with E-state index in [2.05, 4.69) is 30.4 Å². The monoisotopic (exact) mass is 403 g/mol. The minimum atomic E-state index is -0.162. The molecule has 3 heterocycles. The van der Waals surface area contributed by atoms with E-state index in [0.717, 1.165) is 24.4 Å². The third-order valence-electron chi connectivity index (χ3n) is 4.67. The third kappa shape index (κ3) is 4.00. The highest BCUT2D eigenvalue weighted by atomic mass is 35.5. The van der Waals surface area contributed by atoms with Crippen molar-refractivity contribution in [2.45, 2.75) is 0 Å². The molecular formula is C18H22ClN7O2. The molecule has 0 bridgehead atoms. The molecule has 0 aliphatic carbocycles. The van der Waals surface area contributed by atoms with Crippen LogP contribution in [0.3, 0.4) is 0 Å². The van der Waals surface area contributed by atoms with Gasteiger partial charge in [-0.2, -0.15) is 5.10 Å². The summed E-state index contributed by atoms with van der Waals surface area (Å²) in [6.45, 7) is 3.10. The molecule has 1 aromatic carbocycles. The molecule has 2 aromatic heterocycles. The number of nitrogens with zero attached hydrogens (tertiary/aromatic N) is 5. The number of rotatable bonds is 3. The fourth-order valence-corrected chi connectivity index (χ4v) is 2.98. The zero-order valence-corrected chi connectivity index (χ0v) is 16.5. The molecule has 0 saturated carbocycles. The molecule has 0 radical (unpaired) electrons. The van der Waals surface area contributed by atoms with Gasteiger partial charge in [-0.3, -0.25) is 10.4 Å². The molecule has 28 heavy (non-hydrogen) atoms. The Morgan fingerprint density at radius 2 is 1.89 bits per heavy atom. The quantitative estimate of drug-likeness (QED) is 0.695. The van der Waals surface area contributed by atoms with Gasteiger partial charge in [0.25, 0.3) is 0 Å². The van der Waals surface area contributed by atoms with E-state index in [1.165, 1.54) is 0 Å². The lowest BCUT2D eigenvalue weighted by Crippen LogP contribution is -2.48. The Bertz CT molecular complexity index is 952. The topological polar surface area (TPSA) is 99.3 Å². The maximum Gasteiger partial charge on any atom is 0.323 e. The van der Waals surface area contributed by atoms with E-state index in [9.17, 15) is 4.79 Å². The molecule has 9 nitrogen and oxygen atoms in total. The Balaban J connectivity index is 0.00000225. The molecule has 1 aliphatic rings. The summed E-state index contributed by atoms with van der Waals surface area (Å²) in [7, 11) is 3.68. The SMILES string of the molecule is COc1ccc(-c2cnc3n[nH]c(NC(=O)N4CCN(C)CC4)c3n2)cc1.Cl. The number of aromatic nitrogens is 4. The molecule has 1 fully saturated rings. The fourth-order valence-electron chi connectivity index (χ4n) is 2.98. The van der Waals surface area contributed by atoms with E-state index >= 15 is 0 Å². The van der Waals surface area contributed by atoms with Crippen molar-refractivity contribution in [2.24, 2.45) is 0 Å². The second kappa shape index (κ2) is 8.41. The summed E-state index contributed by atoms with van der Waals surface area (Å²) < 4.78 is 5.18. The first-order valence-corrected chi connectivity index (χ1v) is 8.74. The number of anilines is 1. The minimum Gasteiger partial charge on any atom is -0.497 e. The number of piperazine rings is 1. The van der Waals surface area contributed by atoms with Crippen molar-refractivity contribution >= 4 is 35.4 Å². The van der Waals surface area contributed by atoms with Gasteiger partial charge in [-0.25, -0.2) is 14.8 Å². The predicted octanol–water partition coefficient (Wildman–Crippen LogP) is 2.23. The van der Waals surface area contributed by atoms with Crippen molar-refractivity contribution < 1.29 is 9.53 Å². The Hall–Kier alpha value is -2.91. The summed E-state index contributed by atoms with van der Waals surface area (Å²) in [6, 6.07) is 7.40. The molecule has 0 atom stereocenters. The maximum absolute atomic E-state index is 12.5. The maximum atomic E-state index is 12.5. The van der Waals surface area contributed by atoms with E-state index < -0.39 is 0 Å². The van der Waals surface area contributed by atoms with Crippen LogP contribution in [0.4, 0.5) is 10.6 Å². The Morgan fingerprint density at radius 1 is 1.18 bits per heavy atom. The number of urea groups is 1. The molecule has 10 heteroatoms. The number of carbonyl (C=O) groups is 1. The average Bonchev–Trinajstić information content (AvgIpc) is 3.10. The van der Waals surface area contributed by atoms with E-state index in [-0.39, 0.29) is 18.4 Å². The van der Waals surface area contributed by atoms with Crippen molar-refractivity contribution in [2.75, 3.05) is 45.7 Å². The van der Waals surface area contributed by atoms with Gasteiger partial charge >= 0.3 is 6.03 Å². The number of aromatic amines is 1. The summed E-state index contributed by atoms with van der Waals surface area (Å²) in [5.74, 6) is 1.23. The first-order valence-electron chi connectivity index (χ1n) is 8.74. The van der Waals surface area contributed by atoms with Crippen LogP contribution >= 0.6 is 12.4 Å². The van der Waals surface area contributed by atoms with Crippen molar-refractivity contribution in [1.82, 2.24) is 30.0 Å².